The number of carbonyl (C=O) groups is 2. The minimum Gasteiger partial charge on any atom is -0.341 e. The van der Waals surface area contributed by atoms with Gasteiger partial charge in [0, 0.05) is 25.7 Å². The van der Waals surface area contributed by atoms with Crippen LogP contribution < -0.4 is 5.32 Å². The number of carbonyl (C=O) groups excluding carboxylic acids is 2. The third kappa shape index (κ3) is 1.30. The molecule has 0 aromatic heterocycles. The predicted molar refractivity (Wildman–Crippen MR) is 63.6 cm³/mol. The number of fused-ring (bicyclic) bond motifs is 2. The highest BCUT2D eigenvalue weighted by Crippen LogP contribution is 2.43. The van der Waals surface area contributed by atoms with Crippen LogP contribution in [-0.4, -0.2) is 29.8 Å². The van der Waals surface area contributed by atoms with Gasteiger partial charge in [-0.2, -0.15) is 0 Å². The topological polar surface area (TPSA) is 49.4 Å². The Labute approximate surface area is 99.6 Å². The van der Waals surface area contributed by atoms with E-state index in [0.29, 0.717) is 13.1 Å². The van der Waals surface area contributed by atoms with Crippen molar-refractivity contribution >= 4 is 17.5 Å². The third-order valence-corrected chi connectivity index (χ3v) is 3.84. The van der Waals surface area contributed by atoms with Gasteiger partial charge in [0.1, 0.15) is 0 Å². The molecule has 88 valence electrons. The van der Waals surface area contributed by atoms with Crippen LogP contribution in [0.15, 0.2) is 24.3 Å². The van der Waals surface area contributed by atoms with Gasteiger partial charge in [-0.3, -0.25) is 9.59 Å². The van der Waals surface area contributed by atoms with Gasteiger partial charge in [0.05, 0.1) is 5.41 Å². The molecular weight excluding hydrogens is 216 g/mol. The molecule has 4 nitrogen and oxygen atoms in total. The van der Waals surface area contributed by atoms with Gasteiger partial charge in [-0.15, -0.1) is 0 Å². The van der Waals surface area contributed by atoms with Crippen molar-refractivity contribution in [2.45, 2.75) is 18.8 Å². The smallest absolute Gasteiger partial charge is 0.236 e. The molecule has 4 heteroatoms. The molecule has 1 saturated heterocycles. The van der Waals surface area contributed by atoms with Crippen LogP contribution in [0.5, 0.6) is 0 Å². The van der Waals surface area contributed by atoms with Crippen molar-refractivity contribution in [2.75, 3.05) is 18.4 Å². The number of amides is 2. The molecule has 1 fully saturated rings. The summed E-state index contributed by atoms with van der Waals surface area (Å²) in [6, 6.07) is 7.75. The highest BCUT2D eigenvalue weighted by atomic mass is 16.2. The van der Waals surface area contributed by atoms with Crippen LogP contribution in [0.3, 0.4) is 0 Å². The lowest BCUT2D eigenvalue weighted by Crippen LogP contribution is -2.38. The summed E-state index contributed by atoms with van der Waals surface area (Å²) in [5.74, 6) is 0.0708. The summed E-state index contributed by atoms with van der Waals surface area (Å²) in [6.07, 6.45) is 0.718. The number of hydrogen-bond acceptors (Lipinski definition) is 2. The Morgan fingerprint density at radius 3 is 2.88 bits per heavy atom. The molecular formula is C13H14N2O2. The lowest BCUT2D eigenvalue weighted by molar-refractivity contribution is -0.128. The van der Waals surface area contributed by atoms with E-state index in [1.165, 1.54) is 0 Å². The second-order valence-electron chi connectivity index (χ2n) is 4.77. The summed E-state index contributed by atoms with van der Waals surface area (Å²) in [5.41, 5.74) is 1.42. The molecule has 0 radical (unpaired) electrons. The van der Waals surface area contributed by atoms with E-state index < -0.39 is 5.41 Å². The lowest BCUT2D eigenvalue weighted by Gasteiger charge is -2.21. The van der Waals surface area contributed by atoms with E-state index in [-0.39, 0.29) is 11.8 Å². The molecule has 0 bridgehead atoms. The number of nitrogens with zero attached hydrogens (tertiary/aromatic N) is 1. The number of nitrogens with one attached hydrogen (secondary N) is 1. The van der Waals surface area contributed by atoms with Gasteiger partial charge in [-0.05, 0) is 18.1 Å². The molecule has 0 unspecified atom stereocenters. The second kappa shape index (κ2) is 3.32. The summed E-state index contributed by atoms with van der Waals surface area (Å²) in [6.45, 7) is 2.72. The molecule has 2 amide bonds. The molecule has 1 spiro atoms. The van der Waals surface area contributed by atoms with Crippen molar-refractivity contribution in [1.29, 1.82) is 0 Å². The molecule has 2 aliphatic heterocycles. The van der Waals surface area contributed by atoms with E-state index in [1.807, 2.05) is 24.3 Å². The first-order valence-corrected chi connectivity index (χ1v) is 5.80. The average molecular weight is 230 g/mol. The SMILES string of the molecule is CC(=O)N1CC[C@@]2(C1)C(=O)Nc1ccccc12. The van der Waals surface area contributed by atoms with Gasteiger partial charge in [0.25, 0.3) is 0 Å². The van der Waals surface area contributed by atoms with Crippen molar-refractivity contribution in [3.63, 3.8) is 0 Å². The van der Waals surface area contributed by atoms with Gasteiger partial charge in [-0.1, -0.05) is 18.2 Å². The van der Waals surface area contributed by atoms with E-state index >= 15 is 0 Å². The van der Waals surface area contributed by atoms with E-state index in [1.54, 1.807) is 11.8 Å². The molecule has 1 N–H and O–H groups in total. The monoisotopic (exact) mass is 230 g/mol. The number of benzene rings is 1. The van der Waals surface area contributed by atoms with Gasteiger partial charge >= 0.3 is 0 Å². The number of hydrogen-bond donors (Lipinski definition) is 1. The lowest BCUT2D eigenvalue weighted by atomic mass is 9.81. The quantitative estimate of drug-likeness (QED) is 0.726. The van der Waals surface area contributed by atoms with Gasteiger partial charge in [-0.25, -0.2) is 0 Å². The maximum atomic E-state index is 12.2. The first-order valence-electron chi connectivity index (χ1n) is 5.80. The van der Waals surface area contributed by atoms with Crippen LogP contribution in [0, 0.1) is 0 Å². The molecule has 17 heavy (non-hydrogen) atoms. The summed E-state index contributed by atoms with van der Waals surface area (Å²) in [5, 5.41) is 2.91. The normalized spacial score (nSPS) is 26.2. The molecule has 3 rings (SSSR count). The summed E-state index contributed by atoms with van der Waals surface area (Å²) < 4.78 is 0. The second-order valence-corrected chi connectivity index (χ2v) is 4.77. The van der Waals surface area contributed by atoms with Crippen LogP contribution in [0.1, 0.15) is 18.9 Å². The summed E-state index contributed by atoms with van der Waals surface area (Å²) in [7, 11) is 0. The van der Waals surface area contributed by atoms with Crippen molar-refractivity contribution in [3.05, 3.63) is 29.8 Å². The first kappa shape index (κ1) is 10.3. The Morgan fingerprint density at radius 1 is 1.41 bits per heavy atom. The highest BCUT2D eigenvalue weighted by Gasteiger charge is 2.51. The molecule has 1 atom stereocenters. The van der Waals surface area contributed by atoms with Gasteiger partial charge < -0.3 is 10.2 Å². The summed E-state index contributed by atoms with van der Waals surface area (Å²) in [4.78, 5) is 25.3. The van der Waals surface area contributed by atoms with E-state index in [0.717, 1.165) is 17.7 Å². The van der Waals surface area contributed by atoms with E-state index in [9.17, 15) is 9.59 Å². The first-order chi connectivity index (χ1) is 8.13. The van der Waals surface area contributed by atoms with Crippen LogP contribution in [0.4, 0.5) is 5.69 Å². The largest absolute Gasteiger partial charge is 0.341 e. The van der Waals surface area contributed by atoms with E-state index in [2.05, 4.69) is 5.32 Å². The predicted octanol–water partition coefficient (Wildman–Crippen LogP) is 1.13. The number of para-hydroxylation sites is 1. The Kier molecular flexibility index (Phi) is 2.02. The fraction of sp³-hybridized carbons (Fsp3) is 0.385. The summed E-state index contributed by atoms with van der Waals surface area (Å²) >= 11 is 0. The van der Waals surface area contributed by atoms with Crippen molar-refractivity contribution in [2.24, 2.45) is 0 Å². The number of likely N-dealkylation sites (tertiary alicyclic amines) is 1. The molecule has 1 aromatic rings. The zero-order valence-corrected chi connectivity index (χ0v) is 9.69. The van der Waals surface area contributed by atoms with Gasteiger partial charge in [0.2, 0.25) is 11.8 Å². The molecule has 0 aliphatic carbocycles. The van der Waals surface area contributed by atoms with E-state index in [4.69, 9.17) is 0 Å². The van der Waals surface area contributed by atoms with Crippen molar-refractivity contribution < 1.29 is 9.59 Å². The molecule has 0 saturated carbocycles. The molecule has 2 aliphatic rings. The Hall–Kier alpha value is -1.84. The van der Waals surface area contributed by atoms with Crippen LogP contribution in [0.2, 0.25) is 0 Å². The Morgan fingerprint density at radius 2 is 2.18 bits per heavy atom. The highest BCUT2D eigenvalue weighted by molar-refractivity contribution is 6.07. The molecule has 2 heterocycles. The van der Waals surface area contributed by atoms with Crippen molar-refractivity contribution in [1.82, 2.24) is 4.90 Å². The van der Waals surface area contributed by atoms with Crippen molar-refractivity contribution in [3.8, 4) is 0 Å². The average Bonchev–Trinajstić information content (AvgIpc) is 2.85. The van der Waals surface area contributed by atoms with Crippen LogP contribution in [0.25, 0.3) is 0 Å². The standard InChI is InChI=1S/C13H14N2O2/c1-9(16)15-7-6-13(8-15)10-4-2-3-5-11(10)14-12(13)17/h2-5H,6-8H2,1H3,(H,14,17)/t13-/m0/s1. The van der Waals surface area contributed by atoms with Gasteiger partial charge in [0.15, 0.2) is 0 Å². The molecule has 1 aromatic carbocycles. The number of anilines is 1. The maximum Gasteiger partial charge on any atom is 0.236 e. The minimum absolute atomic E-state index is 0.0300. The zero-order valence-electron chi connectivity index (χ0n) is 9.69. The zero-order chi connectivity index (χ0) is 12.0. The Bertz CT molecular complexity index is 512. The maximum absolute atomic E-state index is 12.2. The number of rotatable bonds is 0. The van der Waals surface area contributed by atoms with Crippen LogP contribution >= 0.6 is 0 Å². The third-order valence-electron chi connectivity index (χ3n) is 3.84. The minimum atomic E-state index is -0.512. The Balaban J connectivity index is 2.04. The fourth-order valence-electron chi connectivity index (χ4n) is 2.86. The fourth-order valence-corrected chi connectivity index (χ4v) is 2.86. The van der Waals surface area contributed by atoms with Crippen LogP contribution in [-0.2, 0) is 15.0 Å².